The summed E-state index contributed by atoms with van der Waals surface area (Å²) < 4.78 is 2.17. The zero-order valence-corrected chi connectivity index (χ0v) is 15.3. The van der Waals surface area contributed by atoms with Gasteiger partial charge in [-0.1, -0.05) is 6.07 Å². The molecule has 0 spiro atoms. The minimum absolute atomic E-state index is 0.756. The van der Waals surface area contributed by atoms with Crippen molar-refractivity contribution in [1.29, 1.82) is 0 Å². The van der Waals surface area contributed by atoms with Crippen LogP contribution in [0, 0.1) is 13.8 Å². The van der Waals surface area contributed by atoms with E-state index >= 15 is 0 Å². The van der Waals surface area contributed by atoms with Crippen molar-refractivity contribution in [2.45, 2.75) is 20.4 Å². The Morgan fingerprint density at radius 2 is 2.04 bits per heavy atom. The molecule has 4 aromatic heterocycles. The first-order valence-corrected chi connectivity index (χ1v) is 9.36. The number of hydrogen-bond acceptors (Lipinski definition) is 4. The Bertz CT molecular complexity index is 1230. The van der Waals surface area contributed by atoms with Crippen molar-refractivity contribution in [2.24, 2.45) is 0 Å². The first kappa shape index (κ1) is 15.3. The van der Waals surface area contributed by atoms with E-state index in [2.05, 4.69) is 54.8 Å². The molecule has 1 N–H and O–H groups in total. The van der Waals surface area contributed by atoms with Gasteiger partial charge in [-0.3, -0.25) is 0 Å². The van der Waals surface area contributed by atoms with Crippen molar-refractivity contribution in [1.82, 2.24) is 24.5 Å². The van der Waals surface area contributed by atoms with Gasteiger partial charge in [0.05, 0.1) is 12.2 Å². The Kier molecular flexibility index (Phi) is 3.39. The Balaban J connectivity index is 1.55. The highest BCUT2D eigenvalue weighted by Gasteiger charge is 2.11. The van der Waals surface area contributed by atoms with E-state index in [-0.39, 0.29) is 0 Å². The average molecular weight is 359 g/mol. The lowest BCUT2D eigenvalue weighted by Crippen LogP contribution is -2.02. The molecule has 0 aliphatic rings. The molecule has 26 heavy (non-hydrogen) atoms. The van der Waals surface area contributed by atoms with Crippen molar-refractivity contribution in [3.8, 4) is 10.7 Å². The Morgan fingerprint density at radius 1 is 1.12 bits per heavy atom. The number of benzene rings is 1. The summed E-state index contributed by atoms with van der Waals surface area (Å²) in [6.07, 6.45) is 3.73. The number of nitrogens with zero attached hydrogens (tertiary/aromatic N) is 4. The SMILES string of the molecule is Cc1cnc2c(c1)nc(C)n2Cc1ccc2[nH]c(-c3nccs3)cc2c1. The summed E-state index contributed by atoms with van der Waals surface area (Å²) in [6.45, 7) is 4.83. The van der Waals surface area contributed by atoms with Crippen molar-refractivity contribution in [2.75, 3.05) is 0 Å². The van der Waals surface area contributed by atoms with Gasteiger partial charge in [-0.05, 0) is 49.2 Å². The van der Waals surface area contributed by atoms with E-state index in [4.69, 9.17) is 0 Å². The molecule has 5 aromatic rings. The smallest absolute Gasteiger partial charge is 0.160 e. The van der Waals surface area contributed by atoms with Gasteiger partial charge >= 0.3 is 0 Å². The predicted molar refractivity (Wildman–Crippen MR) is 106 cm³/mol. The zero-order valence-electron chi connectivity index (χ0n) is 14.5. The van der Waals surface area contributed by atoms with Crippen LogP contribution in [0.4, 0.5) is 0 Å². The lowest BCUT2D eigenvalue weighted by Gasteiger charge is -2.07. The first-order valence-electron chi connectivity index (χ1n) is 8.48. The summed E-state index contributed by atoms with van der Waals surface area (Å²) in [7, 11) is 0. The fourth-order valence-electron chi connectivity index (χ4n) is 3.35. The number of aryl methyl sites for hydroxylation is 2. The second kappa shape index (κ2) is 5.78. The zero-order chi connectivity index (χ0) is 17.7. The van der Waals surface area contributed by atoms with Gasteiger partial charge in [-0.15, -0.1) is 11.3 Å². The van der Waals surface area contributed by atoms with E-state index in [0.717, 1.165) is 45.3 Å². The summed E-state index contributed by atoms with van der Waals surface area (Å²) in [6, 6.07) is 10.8. The number of nitrogens with one attached hydrogen (secondary N) is 1. The number of fused-ring (bicyclic) bond motifs is 2. The number of aromatic nitrogens is 5. The molecule has 0 unspecified atom stereocenters. The van der Waals surface area contributed by atoms with E-state index in [9.17, 15) is 0 Å². The van der Waals surface area contributed by atoms with Gasteiger partial charge in [-0.2, -0.15) is 0 Å². The third-order valence-corrected chi connectivity index (χ3v) is 5.41. The molecule has 0 atom stereocenters. The van der Waals surface area contributed by atoms with Crippen LogP contribution in [0.3, 0.4) is 0 Å². The largest absolute Gasteiger partial charge is 0.353 e. The van der Waals surface area contributed by atoms with Crippen molar-refractivity contribution < 1.29 is 0 Å². The summed E-state index contributed by atoms with van der Waals surface area (Å²) in [5.74, 6) is 0.982. The van der Waals surface area contributed by atoms with Crippen LogP contribution in [-0.4, -0.2) is 24.5 Å². The normalized spacial score (nSPS) is 11.6. The highest BCUT2D eigenvalue weighted by Crippen LogP contribution is 2.27. The highest BCUT2D eigenvalue weighted by atomic mass is 32.1. The molecule has 5 rings (SSSR count). The van der Waals surface area contributed by atoms with E-state index in [0.29, 0.717) is 0 Å². The van der Waals surface area contributed by atoms with Crippen LogP contribution in [0.25, 0.3) is 32.8 Å². The van der Waals surface area contributed by atoms with Crippen LogP contribution in [0.5, 0.6) is 0 Å². The summed E-state index contributed by atoms with van der Waals surface area (Å²) in [5.41, 5.74) is 6.44. The predicted octanol–water partition coefficient (Wildman–Crippen LogP) is 4.70. The number of rotatable bonds is 3. The Morgan fingerprint density at radius 3 is 2.88 bits per heavy atom. The summed E-state index contributed by atoms with van der Waals surface area (Å²) >= 11 is 1.64. The molecule has 0 fully saturated rings. The van der Waals surface area contributed by atoms with Gasteiger partial charge in [0.25, 0.3) is 0 Å². The first-order chi connectivity index (χ1) is 12.7. The topological polar surface area (TPSA) is 59.4 Å². The molecular weight excluding hydrogens is 342 g/mol. The van der Waals surface area contributed by atoms with Crippen LogP contribution in [0.1, 0.15) is 17.0 Å². The quantitative estimate of drug-likeness (QED) is 0.508. The van der Waals surface area contributed by atoms with Gasteiger partial charge in [-0.25, -0.2) is 15.0 Å². The third-order valence-electron chi connectivity index (χ3n) is 4.60. The summed E-state index contributed by atoms with van der Waals surface area (Å²) in [4.78, 5) is 17.1. The molecule has 4 heterocycles. The van der Waals surface area contributed by atoms with Gasteiger partial charge in [0, 0.05) is 28.7 Å². The van der Waals surface area contributed by atoms with Gasteiger partial charge in [0.1, 0.15) is 16.3 Å². The number of H-pyrrole nitrogens is 1. The van der Waals surface area contributed by atoms with Crippen LogP contribution in [0.15, 0.2) is 48.1 Å². The number of pyridine rings is 1. The molecule has 0 saturated heterocycles. The highest BCUT2D eigenvalue weighted by molar-refractivity contribution is 7.13. The van der Waals surface area contributed by atoms with Crippen LogP contribution in [-0.2, 0) is 6.54 Å². The number of thiazole rings is 1. The van der Waals surface area contributed by atoms with Gasteiger partial charge in [0.2, 0.25) is 0 Å². The lowest BCUT2D eigenvalue weighted by molar-refractivity contribution is 0.778. The fraction of sp³-hybridized carbons (Fsp3) is 0.150. The molecule has 5 nitrogen and oxygen atoms in total. The second-order valence-electron chi connectivity index (χ2n) is 6.54. The fourth-order valence-corrected chi connectivity index (χ4v) is 3.96. The Labute approximate surface area is 154 Å². The van der Waals surface area contributed by atoms with Crippen molar-refractivity contribution in [3.05, 3.63) is 65.1 Å². The number of aromatic amines is 1. The standard InChI is InChI=1S/C20H17N5S/c1-12-7-17-19(22-10-12)25(13(2)23-17)11-14-3-4-16-15(8-14)9-18(24-16)20-21-5-6-26-20/h3-10,24H,11H2,1-2H3. The lowest BCUT2D eigenvalue weighted by atomic mass is 10.1. The van der Waals surface area contributed by atoms with Crippen LogP contribution in [0.2, 0.25) is 0 Å². The molecule has 0 radical (unpaired) electrons. The van der Waals surface area contributed by atoms with Crippen LogP contribution < -0.4 is 0 Å². The molecule has 0 amide bonds. The minimum atomic E-state index is 0.756. The molecule has 6 heteroatoms. The molecule has 0 bridgehead atoms. The number of hydrogen-bond donors (Lipinski definition) is 1. The Hall–Kier alpha value is -2.99. The maximum absolute atomic E-state index is 4.66. The maximum atomic E-state index is 4.66. The van der Waals surface area contributed by atoms with E-state index in [1.165, 1.54) is 10.9 Å². The molecule has 128 valence electrons. The molecular formula is C20H17N5S. The third kappa shape index (κ3) is 2.50. The van der Waals surface area contributed by atoms with Crippen LogP contribution >= 0.6 is 11.3 Å². The minimum Gasteiger partial charge on any atom is -0.353 e. The molecule has 0 aliphatic heterocycles. The average Bonchev–Trinajstić information content (AvgIpc) is 3.33. The number of imidazole rings is 1. The molecule has 0 saturated carbocycles. The van der Waals surface area contributed by atoms with E-state index < -0.39 is 0 Å². The van der Waals surface area contributed by atoms with E-state index in [1.807, 2.05) is 31.6 Å². The summed E-state index contributed by atoms with van der Waals surface area (Å²) in [5, 5.41) is 4.20. The second-order valence-corrected chi connectivity index (χ2v) is 7.44. The molecule has 1 aromatic carbocycles. The monoisotopic (exact) mass is 359 g/mol. The van der Waals surface area contributed by atoms with Gasteiger partial charge in [0.15, 0.2) is 5.65 Å². The van der Waals surface area contributed by atoms with Crippen molar-refractivity contribution >= 4 is 33.4 Å². The maximum Gasteiger partial charge on any atom is 0.160 e. The van der Waals surface area contributed by atoms with Gasteiger partial charge < -0.3 is 9.55 Å². The van der Waals surface area contributed by atoms with Crippen molar-refractivity contribution in [3.63, 3.8) is 0 Å². The van der Waals surface area contributed by atoms with E-state index in [1.54, 1.807) is 11.3 Å². The molecule has 0 aliphatic carbocycles.